The van der Waals surface area contributed by atoms with Gasteiger partial charge in [0.05, 0.1) is 5.56 Å². The molecule has 0 unspecified atom stereocenters. The maximum absolute atomic E-state index is 11.2. The van der Waals surface area contributed by atoms with E-state index in [0.29, 0.717) is 11.1 Å². The first-order valence-electron chi connectivity index (χ1n) is 5.11. The Hall–Kier alpha value is -1.90. The van der Waals surface area contributed by atoms with Gasteiger partial charge in [0.1, 0.15) is 12.9 Å². The lowest BCUT2D eigenvalue weighted by Gasteiger charge is -2.01. The number of hydrogen-bond donors (Lipinski definition) is 0. The van der Waals surface area contributed by atoms with Gasteiger partial charge in [-0.2, -0.15) is 0 Å². The fourth-order valence-electron chi connectivity index (χ4n) is 0.916. The van der Waals surface area contributed by atoms with Crippen LogP contribution in [0.4, 0.5) is 0 Å². The second kappa shape index (κ2) is 8.41. The van der Waals surface area contributed by atoms with E-state index in [9.17, 15) is 9.59 Å². The van der Waals surface area contributed by atoms with Crippen molar-refractivity contribution in [1.29, 1.82) is 0 Å². The highest BCUT2D eigenvalue weighted by Gasteiger charge is 2.04. The summed E-state index contributed by atoms with van der Waals surface area (Å²) in [5.41, 5.74) is 0.961. The Balaban J connectivity index is 0.00000106. The maximum Gasteiger partial charge on any atom is 0.338 e. The quantitative estimate of drug-likeness (QED) is 0.445. The molecule has 0 atom stereocenters. The van der Waals surface area contributed by atoms with E-state index >= 15 is 0 Å². The van der Waals surface area contributed by atoms with E-state index in [1.54, 1.807) is 24.3 Å². The molecule has 3 nitrogen and oxygen atoms in total. The van der Waals surface area contributed by atoms with E-state index < -0.39 is 5.97 Å². The van der Waals surface area contributed by atoms with E-state index in [4.69, 9.17) is 4.74 Å². The summed E-state index contributed by atoms with van der Waals surface area (Å²) in [6, 6.07) is 6.24. The fraction of sp³-hybridized carbons (Fsp3) is 0.231. The minimum Gasteiger partial charge on any atom is -0.458 e. The Morgan fingerprint density at radius 1 is 1.31 bits per heavy atom. The zero-order chi connectivity index (χ0) is 12.4. The minimum absolute atomic E-state index is 0.189. The number of carbonyl (C=O) groups excluding carboxylic acids is 2. The van der Waals surface area contributed by atoms with E-state index in [-0.39, 0.29) is 6.61 Å². The van der Waals surface area contributed by atoms with Crippen LogP contribution >= 0.6 is 0 Å². The first-order chi connectivity index (χ1) is 7.77. The van der Waals surface area contributed by atoms with Gasteiger partial charge in [-0.15, -0.1) is 0 Å². The average molecular weight is 220 g/mol. The summed E-state index contributed by atoms with van der Waals surface area (Å²) in [5.74, 6) is -0.414. The predicted molar refractivity (Wildman–Crippen MR) is 63.7 cm³/mol. The molecule has 1 aromatic rings. The van der Waals surface area contributed by atoms with Gasteiger partial charge in [0.15, 0.2) is 0 Å². The van der Waals surface area contributed by atoms with Crippen molar-refractivity contribution in [2.24, 2.45) is 0 Å². The Bertz CT molecular complexity index is 339. The van der Waals surface area contributed by atoms with Crippen LogP contribution in [0.25, 0.3) is 0 Å². The van der Waals surface area contributed by atoms with Crippen LogP contribution in [0, 0.1) is 0 Å². The lowest BCUT2D eigenvalue weighted by Crippen LogP contribution is -2.04. The molecule has 0 radical (unpaired) electrons. The Labute approximate surface area is 95.7 Å². The van der Waals surface area contributed by atoms with Gasteiger partial charge in [-0.3, -0.25) is 4.79 Å². The molecular formula is C13H16O3. The van der Waals surface area contributed by atoms with Crippen LogP contribution in [0.1, 0.15) is 34.6 Å². The van der Waals surface area contributed by atoms with Crippen LogP contribution in [-0.2, 0) is 4.74 Å². The number of rotatable bonds is 4. The van der Waals surface area contributed by atoms with Gasteiger partial charge < -0.3 is 4.74 Å². The van der Waals surface area contributed by atoms with Crippen molar-refractivity contribution in [3.8, 4) is 0 Å². The second-order valence-electron chi connectivity index (χ2n) is 2.63. The van der Waals surface area contributed by atoms with Crippen molar-refractivity contribution < 1.29 is 14.3 Å². The molecule has 0 saturated heterocycles. The molecule has 0 fully saturated rings. The summed E-state index contributed by atoms with van der Waals surface area (Å²) in [4.78, 5) is 21.6. The van der Waals surface area contributed by atoms with Crippen LogP contribution in [0.15, 0.2) is 36.9 Å². The van der Waals surface area contributed by atoms with Crippen molar-refractivity contribution in [2.45, 2.75) is 13.8 Å². The fourth-order valence-corrected chi connectivity index (χ4v) is 0.916. The van der Waals surface area contributed by atoms with Crippen LogP contribution < -0.4 is 0 Å². The highest BCUT2D eigenvalue weighted by molar-refractivity contribution is 5.90. The van der Waals surface area contributed by atoms with Crippen molar-refractivity contribution in [3.63, 3.8) is 0 Å². The molecule has 0 spiro atoms. The van der Waals surface area contributed by atoms with Crippen molar-refractivity contribution >= 4 is 12.3 Å². The van der Waals surface area contributed by atoms with E-state index in [1.807, 2.05) is 13.8 Å². The molecule has 0 aliphatic rings. The van der Waals surface area contributed by atoms with Crippen LogP contribution in [0.2, 0.25) is 0 Å². The third kappa shape index (κ3) is 4.55. The zero-order valence-electron chi connectivity index (χ0n) is 9.60. The second-order valence-corrected chi connectivity index (χ2v) is 2.63. The summed E-state index contributed by atoms with van der Waals surface area (Å²) in [6.45, 7) is 7.62. The number of carbonyl (C=O) groups is 2. The monoisotopic (exact) mass is 220 g/mol. The Morgan fingerprint density at radius 3 is 2.31 bits per heavy atom. The first kappa shape index (κ1) is 14.1. The molecule has 86 valence electrons. The van der Waals surface area contributed by atoms with Gasteiger partial charge >= 0.3 is 5.97 Å². The van der Waals surface area contributed by atoms with Crippen molar-refractivity contribution in [2.75, 3.05) is 6.61 Å². The average Bonchev–Trinajstić information content (AvgIpc) is 2.38. The number of ether oxygens (including phenoxy) is 1. The third-order valence-corrected chi connectivity index (χ3v) is 1.61. The third-order valence-electron chi connectivity index (χ3n) is 1.61. The minimum atomic E-state index is -0.414. The normalized spacial score (nSPS) is 8.38. The van der Waals surface area contributed by atoms with Gasteiger partial charge in [0.2, 0.25) is 0 Å². The Kier molecular flexibility index (Phi) is 7.41. The van der Waals surface area contributed by atoms with E-state index in [1.165, 1.54) is 6.08 Å². The molecule has 0 aliphatic carbocycles. The SMILES string of the molecule is C=CCOC(=O)c1ccc(C=O)cc1.CC. The van der Waals surface area contributed by atoms with Gasteiger partial charge in [0, 0.05) is 5.56 Å². The van der Waals surface area contributed by atoms with Crippen molar-refractivity contribution in [1.82, 2.24) is 0 Å². The van der Waals surface area contributed by atoms with E-state index in [0.717, 1.165) is 6.29 Å². The number of hydrogen-bond acceptors (Lipinski definition) is 3. The lowest BCUT2D eigenvalue weighted by atomic mass is 10.1. The standard InChI is InChI=1S/C11H10O3.C2H6/c1-2-7-14-11(13)10-5-3-9(8-12)4-6-10;1-2/h2-6,8H,1,7H2;1-2H3. The van der Waals surface area contributed by atoms with Crippen LogP contribution in [0.5, 0.6) is 0 Å². The largest absolute Gasteiger partial charge is 0.458 e. The van der Waals surface area contributed by atoms with Crippen molar-refractivity contribution in [3.05, 3.63) is 48.0 Å². The van der Waals surface area contributed by atoms with Gasteiger partial charge in [-0.1, -0.05) is 38.6 Å². The topological polar surface area (TPSA) is 43.4 Å². The van der Waals surface area contributed by atoms with E-state index in [2.05, 4.69) is 6.58 Å². The Morgan fingerprint density at radius 2 is 1.88 bits per heavy atom. The molecule has 0 amide bonds. The lowest BCUT2D eigenvalue weighted by molar-refractivity contribution is 0.0549. The summed E-state index contributed by atoms with van der Waals surface area (Å²) in [6.07, 6.45) is 2.22. The van der Waals surface area contributed by atoms with Crippen LogP contribution in [-0.4, -0.2) is 18.9 Å². The molecule has 1 aromatic carbocycles. The summed E-state index contributed by atoms with van der Waals surface area (Å²) in [7, 11) is 0. The van der Waals surface area contributed by atoms with Gasteiger partial charge in [-0.05, 0) is 12.1 Å². The summed E-state index contributed by atoms with van der Waals surface area (Å²) < 4.78 is 4.81. The molecule has 0 bridgehead atoms. The highest BCUT2D eigenvalue weighted by Crippen LogP contribution is 2.04. The molecular weight excluding hydrogens is 204 g/mol. The molecule has 3 heteroatoms. The molecule has 16 heavy (non-hydrogen) atoms. The van der Waals surface area contributed by atoms with Crippen LogP contribution in [0.3, 0.4) is 0 Å². The zero-order valence-corrected chi connectivity index (χ0v) is 9.60. The first-order valence-corrected chi connectivity index (χ1v) is 5.11. The molecule has 0 aliphatic heterocycles. The molecule has 0 N–H and O–H groups in total. The number of esters is 1. The number of benzene rings is 1. The highest BCUT2D eigenvalue weighted by atomic mass is 16.5. The van der Waals surface area contributed by atoms with Gasteiger partial charge in [-0.25, -0.2) is 4.79 Å². The summed E-state index contributed by atoms with van der Waals surface area (Å²) in [5, 5.41) is 0. The molecule has 0 saturated carbocycles. The molecule has 0 heterocycles. The predicted octanol–water partition coefficient (Wildman–Crippen LogP) is 2.87. The summed E-state index contributed by atoms with van der Waals surface area (Å²) >= 11 is 0. The smallest absolute Gasteiger partial charge is 0.338 e. The maximum atomic E-state index is 11.2. The molecule has 1 rings (SSSR count). The van der Waals surface area contributed by atoms with Gasteiger partial charge in [0.25, 0.3) is 0 Å². The number of aldehydes is 1. The molecule has 0 aromatic heterocycles.